The van der Waals surface area contributed by atoms with Gasteiger partial charge in [0.1, 0.15) is 23.0 Å². The Hall–Kier alpha value is -4.95. The monoisotopic (exact) mass is 444 g/mol. The first-order valence-electron chi connectivity index (χ1n) is 10.5. The fourth-order valence-corrected chi connectivity index (χ4v) is 3.59. The molecule has 5 heteroatoms. The molecule has 0 fully saturated rings. The summed E-state index contributed by atoms with van der Waals surface area (Å²) in [5.41, 5.74) is 3.38. The molecule has 1 heterocycles. The number of carbonyl (C=O) groups excluding carboxylic acids is 1. The van der Waals surface area contributed by atoms with Crippen molar-refractivity contribution < 1.29 is 14.3 Å². The van der Waals surface area contributed by atoms with Gasteiger partial charge in [-0.3, -0.25) is 10.2 Å². The van der Waals surface area contributed by atoms with Crippen LogP contribution in [0.3, 0.4) is 0 Å². The van der Waals surface area contributed by atoms with Gasteiger partial charge in [0.15, 0.2) is 5.78 Å². The summed E-state index contributed by atoms with van der Waals surface area (Å²) in [4.78, 5) is 11.9. The Morgan fingerprint density at radius 3 is 2.06 bits per heavy atom. The molecule has 0 bridgehead atoms. The van der Waals surface area contributed by atoms with Gasteiger partial charge in [-0.05, 0) is 23.8 Å². The number of rotatable bonds is 3. The minimum absolute atomic E-state index is 0.0198. The van der Waals surface area contributed by atoms with E-state index in [4.69, 9.17) is 9.83 Å². The van der Waals surface area contributed by atoms with E-state index in [1.807, 2.05) is 54.6 Å². The van der Waals surface area contributed by atoms with Crippen molar-refractivity contribution >= 4 is 16.8 Å². The third-order valence-corrected chi connectivity index (χ3v) is 5.20. The number of ketones is 1. The Morgan fingerprint density at radius 1 is 0.794 bits per heavy atom. The van der Waals surface area contributed by atoms with Crippen LogP contribution in [0.4, 0.5) is 0 Å². The maximum Gasteiger partial charge on any atom is 0.230 e. The van der Waals surface area contributed by atoms with Gasteiger partial charge in [-0.15, -0.1) is 0 Å². The van der Waals surface area contributed by atoms with Crippen LogP contribution in [0.2, 0.25) is 0 Å². The lowest BCUT2D eigenvalue weighted by molar-refractivity contribution is 0.103. The van der Waals surface area contributed by atoms with E-state index in [0.29, 0.717) is 16.7 Å². The van der Waals surface area contributed by atoms with Gasteiger partial charge in [0, 0.05) is 16.5 Å². The van der Waals surface area contributed by atoms with E-state index >= 15 is 0 Å². The molecule has 0 unspecified atom stereocenters. The second-order valence-electron chi connectivity index (χ2n) is 7.37. The molecule has 2 N–H and O–H groups in total. The number of phenols is 1. The average molecular weight is 444 g/mol. The Labute approximate surface area is 196 Å². The lowest BCUT2D eigenvalue weighted by atomic mass is 9.98. The Balaban J connectivity index is 0.000000166. The quantitative estimate of drug-likeness (QED) is 0.330. The highest BCUT2D eigenvalue weighted by atomic mass is 16.3. The first kappa shape index (κ1) is 22.3. The number of hydrogen-bond donors (Lipinski definition) is 2. The highest BCUT2D eigenvalue weighted by Crippen LogP contribution is 2.29. The van der Waals surface area contributed by atoms with Crippen LogP contribution in [0, 0.1) is 16.7 Å². The van der Waals surface area contributed by atoms with E-state index in [-0.39, 0.29) is 22.7 Å². The summed E-state index contributed by atoms with van der Waals surface area (Å²) in [6.45, 7) is 0. The number of fused-ring (bicyclic) bond motifs is 1. The number of carbonyl (C=O) groups is 1. The number of para-hydroxylation sites is 2. The number of nitriles is 1. The predicted molar refractivity (Wildman–Crippen MR) is 130 cm³/mol. The summed E-state index contributed by atoms with van der Waals surface area (Å²) >= 11 is 0. The molecule has 5 aromatic rings. The fourth-order valence-electron chi connectivity index (χ4n) is 3.59. The van der Waals surface area contributed by atoms with Crippen molar-refractivity contribution in [3.63, 3.8) is 0 Å². The van der Waals surface area contributed by atoms with E-state index < -0.39 is 0 Å². The maximum atomic E-state index is 11.9. The van der Waals surface area contributed by atoms with Gasteiger partial charge in [-0.25, -0.2) is 0 Å². The molecule has 5 rings (SSSR count). The van der Waals surface area contributed by atoms with Crippen LogP contribution in [0.15, 0.2) is 114 Å². The number of nitrogens with one attached hydrogen (secondary N) is 1. The van der Waals surface area contributed by atoms with E-state index in [9.17, 15) is 15.2 Å². The van der Waals surface area contributed by atoms with Crippen LogP contribution < -0.4 is 5.55 Å². The fraction of sp³-hybridized carbons (Fsp3) is 0. The van der Waals surface area contributed by atoms with Crippen molar-refractivity contribution in [2.45, 2.75) is 0 Å². The van der Waals surface area contributed by atoms with Crippen molar-refractivity contribution in [2.75, 3.05) is 0 Å². The average Bonchev–Trinajstić information content (AvgIpc) is 2.89. The van der Waals surface area contributed by atoms with Gasteiger partial charge in [-0.2, -0.15) is 5.26 Å². The summed E-state index contributed by atoms with van der Waals surface area (Å²) in [5.74, 6) is -0.139. The lowest BCUT2D eigenvalue weighted by Gasteiger charge is -2.08. The molecule has 0 saturated heterocycles. The van der Waals surface area contributed by atoms with Gasteiger partial charge in [0.2, 0.25) is 5.55 Å². The van der Waals surface area contributed by atoms with Crippen LogP contribution in [0.5, 0.6) is 5.75 Å². The van der Waals surface area contributed by atoms with Crippen LogP contribution in [0.1, 0.15) is 21.5 Å². The number of phenolic OH excluding ortho intramolecular Hbond substituents is 1. The highest BCUT2D eigenvalue weighted by molar-refractivity contribution is 6.10. The van der Waals surface area contributed by atoms with Crippen molar-refractivity contribution in [1.29, 1.82) is 10.7 Å². The third kappa shape index (κ3) is 4.62. The summed E-state index contributed by atoms with van der Waals surface area (Å²) in [5, 5.41) is 27.5. The van der Waals surface area contributed by atoms with Crippen molar-refractivity contribution in [3.8, 4) is 22.9 Å². The molecule has 0 aliphatic rings. The molecular formula is C29H20N2O3. The molecule has 0 radical (unpaired) electrons. The molecule has 0 aliphatic carbocycles. The van der Waals surface area contributed by atoms with Gasteiger partial charge in [0.25, 0.3) is 0 Å². The zero-order valence-electron chi connectivity index (χ0n) is 18.1. The van der Waals surface area contributed by atoms with Gasteiger partial charge in [-0.1, -0.05) is 91.0 Å². The Kier molecular flexibility index (Phi) is 6.62. The molecular weight excluding hydrogens is 424 g/mol. The highest BCUT2D eigenvalue weighted by Gasteiger charge is 2.14. The second-order valence-corrected chi connectivity index (χ2v) is 7.37. The van der Waals surface area contributed by atoms with Crippen LogP contribution in [0.25, 0.3) is 22.1 Å². The summed E-state index contributed by atoms with van der Waals surface area (Å²) in [7, 11) is 0. The first-order valence-corrected chi connectivity index (χ1v) is 10.5. The normalized spacial score (nSPS) is 10.1. The SMILES string of the molecule is N#Cc1c(-c2ccccc2)c2ccccc2oc1=N.O=C(c1ccccc1)c1ccccc1O. The molecule has 164 valence electrons. The van der Waals surface area contributed by atoms with E-state index in [1.165, 1.54) is 6.07 Å². The number of nitrogens with zero attached hydrogens (tertiary/aromatic N) is 1. The smallest absolute Gasteiger partial charge is 0.230 e. The summed E-state index contributed by atoms with van der Waals surface area (Å²) in [6.07, 6.45) is 0. The molecule has 0 saturated carbocycles. The molecule has 0 aliphatic heterocycles. The minimum Gasteiger partial charge on any atom is -0.507 e. The minimum atomic E-state index is -0.159. The Bertz CT molecular complexity index is 1550. The van der Waals surface area contributed by atoms with Crippen LogP contribution in [-0.2, 0) is 0 Å². The van der Waals surface area contributed by atoms with E-state index in [0.717, 1.165) is 16.5 Å². The largest absolute Gasteiger partial charge is 0.507 e. The Morgan fingerprint density at radius 2 is 1.38 bits per heavy atom. The third-order valence-electron chi connectivity index (χ3n) is 5.20. The molecule has 5 nitrogen and oxygen atoms in total. The summed E-state index contributed by atoms with van der Waals surface area (Å²) in [6, 6.07) is 34.6. The van der Waals surface area contributed by atoms with Gasteiger partial charge >= 0.3 is 0 Å². The molecule has 0 amide bonds. The number of aromatic hydroxyl groups is 1. The summed E-state index contributed by atoms with van der Waals surface area (Å²) < 4.78 is 5.39. The lowest BCUT2D eigenvalue weighted by Crippen LogP contribution is -2.06. The second kappa shape index (κ2) is 10.1. The molecule has 4 aromatic carbocycles. The van der Waals surface area contributed by atoms with Crippen molar-refractivity contribution in [1.82, 2.24) is 0 Å². The first-order chi connectivity index (χ1) is 16.6. The molecule has 0 spiro atoms. The van der Waals surface area contributed by atoms with Gasteiger partial charge in [0.05, 0.1) is 5.56 Å². The number of benzene rings is 4. The zero-order chi connectivity index (χ0) is 23.9. The standard InChI is InChI=1S/C16H10N2O.C13H10O2/c17-10-13-15(11-6-2-1-3-7-11)12-8-4-5-9-14(12)19-16(13)18;14-12-9-5-4-8-11(12)13(15)10-6-2-1-3-7-10/h1-9,18H;1-9,14H. The number of hydrogen-bond acceptors (Lipinski definition) is 5. The predicted octanol–water partition coefficient (Wildman–Crippen LogP) is 6.07. The topological polar surface area (TPSA) is 98.1 Å². The van der Waals surface area contributed by atoms with Crippen LogP contribution in [-0.4, -0.2) is 10.9 Å². The van der Waals surface area contributed by atoms with Crippen LogP contribution >= 0.6 is 0 Å². The van der Waals surface area contributed by atoms with E-state index in [2.05, 4.69) is 6.07 Å². The van der Waals surface area contributed by atoms with Gasteiger partial charge < -0.3 is 9.52 Å². The molecule has 34 heavy (non-hydrogen) atoms. The van der Waals surface area contributed by atoms with E-state index in [1.54, 1.807) is 48.5 Å². The molecule has 1 aromatic heterocycles. The van der Waals surface area contributed by atoms with Crippen molar-refractivity contribution in [2.24, 2.45) is 0 Å². The van der Waals surface area contributed by atoms with Crippen molar-refractivity contribution in [3.05, 3.63) is 131 Å². The zero-order valence-corrected chi connectivity index (χ0v) is 18.1. The maximum absolute atomic E-state index is 11.9. The molecule has 0 atom stereocenters.